The summed E-state index contributed by atoms with van der Waals surface area (Å²) in [6.45, 7) is 0. The zero-order valence-electron chi connectivity index (χ0n) is 23.2. The van der Waals surface area contributed by atoms with Gasteiger partial charge in [0.25, 0.3) is 0 Å². The molecule has 0 aliphatic carbocycles. The van der Waals surface area contributed by atoms with Crippen molar-refractivity contribution >= 4 is 15.9 Å². The fourth-order valence-corrected chi connectivity index (χ4v) is 5.61. The molecule has 5 aromatic carbocycles. The molecule has 4 heteroatoms. The first-order valence-electron chi connectivity index (χ1n) is 14.1. The highest BCUT2D eigenvalue weighted by molar-refractivity contribution is 9.10. The summed E-state index contributed by atoms with van der Waals surface area (Å²) in [4.78, 5) is 14.3. The highest BCUT2D eigenvalue weighted by Gasteiger charge is 2.12. The van der Waals surface area contributed by atoms with E-state index in [1.54, 1.807) is 6.20 Å². The molecule has 0 N–H and O–H groups in total. The average Bonchev–Trinajstić information content (AvgIpc) is 3.09. The molecular formula is C39H26BrN3. The highest BCUT2D eigenvalue weighted by Crippen LogP contribution is 2.32. The monoisotopic (exact) mass is 615 g/mol. The van der Waals surface area contributed by atoms with Crippen molar-refractivity contribution in [2.75, 3.05) is 0 Å². The Hall–Kier alpha value is -5.19. The second-order valence-electron chi connectivity index (χ2n) is 10.3. The van der Waals surface area contributed by atoms with E-state index in [0.29, 0.717) is 5.82 Å². The molecule has 7 rings (SSSR count). The Morgan fingerprint density at radius 1 is 0.372 bits per heavy atom. The first-order valence-corrected chi connectivity index (χ1v) is 14.9. The zero-order chi connectivity index (χ0) is 29.0. The van der Waals surface area contributed by atoms with Crippen molar-refractivity contribution < 1.29 is 0 Å². The number of aromatic nitrogens is 3. The van der Waals surface area contributed by atoms with Gasteiger partial charge in [-0.3, -0.25) is 4.98 Å². The lowest BCUT2D eigenvalue weighted by molar-refractivity contribution is 1.18. The van der Waals surface area contributed by atoms with Crippen molar-refractivity contribution in [1.29, 1.82) is 0 Å². The lowest BCUT2D eigenvalue weighted by Gasteiger charge is -2.11. The molecule has 43 heavy (non-hydrogen) atoms. The van der Waals surface area contributed by atoms with Crippen molar-refractivity contribution in [3.63, 3.8) is 0 Å². The quantitative estimate of drug-likeness (QED) is 0.187. The molecule has 0 saturated carbocycles. The molecule has 0 aliphatic heterocycles. The minimum atomic E-state index is 0.692. The lowest BCUT2D eigenvalue weighted by atomic mass is 9.98. The van der Waals surface area contributed by atoms with Crippen LogP contribution in [0.15, 0.2) is 162 Å². The van der Waals surface area contributed by atoms with Crippen LogP contribution in [0.2, 0.25) is 0 Å². The summed E-state index contributed by atoms with van der Waals surface area (Å²) in [5.41, 5.74) is 11.7. The van der Waals surface area contributed by atoms with Crippen molar-refractivity contribution in [3.8, 4) is 67.3 Å². The molecular weight excluding hydrogens is 590 g/mol. The zero-order valence-corrected chi connectivity index (χ0v) is 24.8. The van der Waals surface area contributed by atoms with Crippen LogP contribution in [0.25, 0.3) is 67.3 Å². The van der Waals surface area contributed by atoms with E-state index < -0.39 is 0 Å². The summed E-state index contributed by atoms with van der Waals surface area (Å²) in [6.07, 6.45) is 3.66. The highest BCUT2D eigenvalue weighted by atomic mass is 79.9. The van der Waals surface area contributed by atoms with E-state index in [1.165, 1.54) is 11.1 Å². The third-order valence-corrected chi connectivity index (χ3v) is 7.96. The van der Waals surface area contributed by atoms with Crippen LogP contribution in [0, 0.1) is 0 Å². The van der Waals surface area contributed by atoms with E-state index in [1.807, 2.05) is 36.5 Å². The second-order valence-corrected chi connectivity index (χ2v) is 11.2. The lowest BCUT2D eigenvalue weighted by Crippen LogP contribution is -1.96. The van der Waals surface area contributed by atoms with Crippen LogP contribution < -0.4 is 0 Å². The van der Waals surface area contributed by atoms with Crippen molar-refractivity contribution in [2.24, 2.45) is 0 Å². The third-order valence-electron chi connectivity index (χ3n) is 7.47. The Bertz CT molecular complexity index is 2000. The molecule has 0 bridgehead atoms. The summed E-state index contributed by atoms with van der Waals surface area (Å²) >= 11 is 3.58. The van der Waals surface area contributed by atoms with E-state index in [0.717, 1.165) is 54.8 Å². The van der Waals surface area contributed by atoms with Gasteiger partial charge in [0.05, 0.1) is 11.4 Å². The van der Waals surface area contributed by atoms with Crippen molar-refractivity contribution in [1.82, 2.24) is 15.0 Å². The van der Waals surface area contributed by atoms with E-state index >= 15 is 0 Å². The SMILES string of the molecule is Brc1cccc(-c2ccc(-c3cccc(-c4cc(-c5ccccc5)nc(-c5ccc(-c6cccnc6)cc5)n4)c3)cc2)c1. The minimum absolute atomic E-state index is 0.692. The maximum atomic E-state index is 5.07. The Kier molecular flexibility index (Phi) is 7.43. The normalized spacial score (nSPS) is 10.9. The van der Waals surface area contributed by atoms with Crippen LogP contribution in [0.1, 0.15) is 0 Å². The summed E-state index contributed by atoms with van der Waals surface area (Å²) < 4.78 is 1.07. The second kappa shape index (κ2) is 12.0. The van der Waals surface area contributed by atoms with Crippen LogP contribution >= 0.6 is 15.9 Å². The summed E-state index contributed by atoms with van der Waals surface area (Å²) in [6, 6.07) is 50.4. The molecule has 2 heterocycles. The Balaban J connectivity index is 1.26. The molecule has 0 radical (unpaired) electrons. The average molecular weight is 617 g/mol. The van der Waals surface area contributed by atoms with Crippen LogP contribution in [-0.2, 0) is 0 Å². The van der Waals surface area contributed by atoms with Gasteiger partial charge in [0, 0.05) is 33.6 Å². The van der Waals surface area contributed by atoms with E-state index in [-0.39, 0.29) is 0 Å². The first-order chi connectivity index (χ1) is 21.2. The molecule has 3 nitrogen and oxygen atoms in total. The first kappa shape index (κ1) is 26.7. The van der Waals surface area contributed by atoms with Crippen LogP contribution in [0.5, 0.6) is 0 Å². The minimum Gasteiger partial charge on any atom is -0.264 e. The van der Waals surface area contributed by atoms with Gasteiger partial charge in [0.15, 0.2) is 5.82 Å². The fourth-order valence-electron chi connectivity index (χ4n) is 5.21. The molecule has 0 saturated heterocycles. The molecule has 7 aromatic rings. The molecule has 2 aromatic heterocycles. The molecule has 0 spiro atoms. The van der Waals surface area contributed by atoms with E-state index in [4.69, 9.17) is 9.97 Å². The number of pyridine rings is 1. The molecule has 0 aliphatic rings. The van der Waals surface area contributed by atoms with Crippen molar-refractivity contribution in [3.05, 3.63) is 162 Å². The number of rotatable bonds is 6. The maximum absolute atomic E-state index is 5.07. The molecule has 204 valence electrons. The molecule has 0 unspecified atom stereocenters. The maximum Gasteiger partial charge on any atom is 0.160 e. The Labute approximate surface area is 259 Å². The van der Waals surface area contributed by atoms with Gasteiger partial charge in [0.2, 0.25) is 0 Å². The fraction of sp³-hybridized carbons (Fsp3) is 0. The topological polar surface area (TPSA) is 38.7 Å². The predicted octanol–water partition coefficient (Wildman–Crippen LogP) is 10.6. The van der Waals surface area contributed by atoms with Crippen LogP contribution in [0.4, 0.5) is 0 Å². The number of hydrogen-bond acceptors (Lipinski definition) is 3. The van der Waals surface area contributed by atoms with Gasteiger partial charge in [-0.2, -0.15) is 0 Å². The number of hydrogen-bond donors (Lipinski definition) is 0. The van der Waals surface area contributed by atoms with Gasteiger partial charge in [-0.15, -0.1) is 0 Å². The van der Waals surface area contributed by atoms with Gasteiger partial charge in [0.1, 0.15) is 0 Å². The van der Waals surface area contributed by atoms with Gasteiger partial charge in [-0.05, 0) is 63.7 Å². The summed E-state index contributed by atoms with van der Waals surface area (Å²) in [5.74, 6) is 0.692. The third kappa shape index (κ3) is 5.92. The van der Waals surface area contributed by atoms with E-state index in [9.17, 15) is 0 Å². The standard InChI is InChI=1S/C39H26BrN3/c40-36-13-5-10-33(24-36)28-16-14-27(15-17-28)32-9-4-11-34(23-32)38-25-37(30-7-2-1-3-8-30)42-39(43-38)31-20-18-29(19-21-31)35-12-6-22-41-26-35/h1-26H. The largest absolute Gasteiger partial charge is 0.264 e. The van der Waals surface area contributed by atoms with Gasteiger partial charge in [-0.1, -0.05) is 131 Å². The van der Waals surface area contributed by atoms with Gasteiger partial charge in [-0.25, -0.2) is 9.97 Å². The molecule has 0 atom stereocenters. The number of halogens is 1. The van der Waals surface area contributed by atoms with Crippen LogP contribution in [-0.4, -0.2) is 15.0 Å². The number of benzene rings is 5. The van der Waals surface area contributed by atoms with Crippen LogP contribution in [0.3, 0.4) is 0 Å². The van der Waals surface area contributed by atoms with Gasteiger partial charge < -0.3 is 0 Å². The number of nitrogens with zero attached hydrogens (tertiary/aromatic N) is 3. The Morgan fingerprint density at radius 3 is 1.56 bits per heavy atom. The van der Waals surface area contributed by atoms with Gasteiger partial charge >= 0.3 is 0 Å². The van der Waals surface area contributed by atoms with Crippen molar-refractivity contribution in [2.45, 2.75) is 0 Å². The molecule has 0 amide bonds. The van der Waals surface area contributed by atoms with E-state index in [2.05, 4.69) is 136 Å². The molecule has 0 fully saturated rings. The predicted molar refractivity (Wildman–Crippen MR) is 180 cm³/mol. The Morgan fingerprint density at radius 2 is 0.907 bits per heavy atom. The summed E-state index contributed by atoms with van der Waals surface area (Å²) in [7, 11) is 0. The summed E-state index contributed by atoms with van der Waals surface area (Å²) in [5, 5.41) is 0. The smallest absolute Gasteiger partial charge is 0.160 e.